The predicted molar refractivity (Wildman–Crippen MR) is 142 cm³/mol. The standard InChI is InChI=1S/C27H37N5O4/c1-7-20(18-12-10-9-11-13-18)32-25-19(14-15-21(30-25)31(6)22(33)8-2)29-24(26(32)35)28-17-16-23(34)36-27(3,4)5/h9-15,20,22,33H,7-8,16-17H2,1-6H3,(H,28,29)/t20-,22?/m0/s1. The van der Waals surface area contributed by atoms with E-state index in [2.05, 4.69) is 10.3 Å². The molecule has 0 aliphatic carbocycles. The molecule has 9 heteroatoms. The van der Waals surface area contributed by atoms with Crippen LogP contribution >= 0.6 is 0 Å². The normalized spacial score (nSPS) is 13.3. The molecule has 2 heterocycles. The van der Waals surface area contributed by atoms with Gasteiger partial charge < -0.3 is 20.1 Å². The Balaban J connectivity index is 2.07. The molecule has 9 nitrogen and oxygen atoms in total. The van der Waals surface area contributed by atoms with Gasteiger partial charge in [-0.1, -0.05) is 44.2 Å². The second-order valence-corrected chi connectivity index (χ2v) is 9.75. The quantitative estimate of drug-likeness (QED) is 0.320. The Bertz CT molecular complexity index is 1240. The number of nitrogens with one attached hydrogen (secondary N) is 1. The molecule has 3 rings (SSSR count). The zero-order valence-corrected chi connectivity index (χ0v) is 22.0. The molecule has 2 atom stereocenters. The molecule has 0 aliphatic rings. The van der Waals surface area contributed by atoms with Gasteiger partial charge in [0.25, 0.3) is 5.56 Å². The van der Waals surface area contributed by atoms with Crippen molar-refractivity contribution in [2.24, 2.45) is 0 Å². The van der Waals surface area contributed by atoms with Crippen molar-refractivity contribution in [3.63, 3.8) is 0 Å². The van der Waals surface area contributed by atoms with Gasteiger partial charge in [0.1, 0.15) is 23.2 Å². The van der Waals surface area contributed by atoms with Crippen LogP contribution in [-0.4, -0.2) is 51.0 Å². The Hall–Kier alpha value is -3.46. The Morgan fingerprint density at radius 3 is 2.42 bits per heavy atom. The number of carbonyl (C=O) groups excluding carboxylic acids is 1. The van der Waals surface area contributed by atoms with Gasteiger partial charge in [0.05, 0.1) is 12.5 Å². The molecule has 2 N–H and O–H groups in total. The van der Waals surface area contributed by atoms with Crippen molar-refractivity contribution in [2.45, 2.75) is 71.8 Å². The molecule has 0 saturated heterocycles. The van der Waals surface area contributed by atoms with E-state index in [4.69, 9.17) is 9.72 Å². The number of nitrogens with zero attached hydrogens (tertiary/aromatic N) is 4. The van der Waals surface area contributed by atoms with E-state index in [0.717, 1.165) is 5.56 Å². The highest BCUT2D eigenvalue weighted by Crippen LogP contribution is 2.26. The van der Waals surface area contributed by atoms with Crippen LogP contribution in [-0.2, 0) is 9.53 Å². The van der Waals surface area contributed by atoms with E-state index in [1.807, 2.05) is 65.0 Å². The molecule has 0 bridgehead atoms. The lowest BCUT2D eigenvalue weighted by Crippen LogP contribution is -2.33. The third-order valence-corrected chi connectivity index (χ3v) is 5.82. The fraction of sp³-hybridized carbons (Fsp3) is 0.481. The van der Waals surface area contributed by atoms with E-state index in [-0.39, 0.29) is 36.4 Å². The summed E-state index contributed by atoms with van der Waals surface area (Å²) in [6, 6.07) is 13.1. The highest BCUT2D eigenvalue weighted by atomic mass is 16.6. The first-order valence-electron chi connectivity index (χ1n) is 12.4. The summed E-state index contributed by atoms with van der Waals surface area (Å²) in [5.41, 5.74) is 1.04. The average molecular weight is 496 g/mol. The van der Waals surface area contributed by atoms with E-state index < -0.39 is 11.8 Å². The second kappa shape index (κ2) is 11.5. The van der Waals surface area contributed by atoms with Gasteiger partial charge in [-0.2, -0.15) is 0 Å². The van der Waals surface area contributed by atoms with Crippen molar-refractivity contribution in [3.05, 3.63) is 58.4 Å². The first-order chi connectivity index (χ1) is 17.1. The molecule has 0 radical (unpaired) electrons. The number of esters is 1. The molecule has 2 aromatic heterocycles. The van der Waals surface area contributed by atoms with Crippen LogP contribution in [0.4, 0.5) is 11.6 Å². The van der Waals surface area contributed by atoms with Crippen LogP contribution in [0, 0.1) is 0 Å². The Morgan fingerprint density at radius 1 is 1.11 bits per heavy atom. The number of carbonyl (C=O) groups is 1. The minimum Gasteiger partial charge on any atom is -0.460 e. The minimum absolute atomic E-state index is 0.100. The molecule has 194 valence electrons. The van der Waals surface area contributed by atoms with Crippen LogP contribution in [0.1, 0.15) is 65.5 Å². The maximum Gasteiger partial charge on any atom is 0.308 e. The van der Waals surface area contributed by atoms with Gasteiger partial charge in [-0.15, -0.1) is 0 Å². The maximum absolute atomic E-state index is 13.8. The fourth-order valence-electron chi connectivity index (χ4n) is 4.02. The van der Waals surface area contributed by atoms with E-state index >= 15 is 0 Å². The lowest BCUT2D eigenvalue weighted by molar-refractivity contribution is -0.154. The summed E-state index contributed by atoms with van der Waals surface area (Å²) in [4.78, 5) is 36.9. The summed E-state index contributed by atoms with van der Waals surface area (Å²) in [7, 11) is 1.76. The summed E-state index contributed by atoms with van der Waals surface area (Å²) in [5, 5.41) is 13.4. The van der Waals surface area contributed by atoms with E-state index in [1.54, 1.807) is 28.6 Å². The number of rotatable bonds is 10. The number of aliphatic hydroxyl groups is 1. The third kappa shape index (κ3) is 6.40. The van der Waals surface area contributed by atoms with Gasteiger partial charge in [-0.25, -0.2) is 9.97 Å². The summed E-state index contributed by atoms with van der Waals surface area (Å²) in [6.45, 7) is 9.56. The maximum atomic E-state index is 13.8. The number of benzene rings is 1. The van der Waals surface area contributed by atoms with Crippen molar-refractivity contribution in [2.75, 3.05) is 23.8 Å². The summed E-state index contributed by atoms with van der Waals surface area (Å²) in [6.07, 6.45) is 0.583. The average Bonchev–Trinajstić information content (AvgIpc) is 2.84. The number of aromatic nitrogens is 3. The highest BCUT2D eigenvalue weighted by Gasteiger charge is 2.22. The summed E-state index contributed by atoms with van der Waals surface area (Å²) in [5.74, 6) is 0.341. The van der Waals surface area contributed by atoms with Crippen LogP contribution in [0.2, 0.25) is 0 Å². The first-order valence-corrected chi connectivity index (χ1v) is 12.4. The van der Waals surface area contributed by atoms with Crippen molar-refractivity contribution >= 4 is 28.8 Å². The Kier molecular flexibility index (Phi) is 8.68. The number of ether oxygens (including phenoxy) is 1. The van der Waals surface area contributed by atoms with Crippen molar-refractivity contribution in [1.82, 2.24) is 14.5 Å². The monoisotopic (exact) mass is 495 g/mol. The predicted octanol–water partition coefficient (Wildman–Crippen LogP) is 4.10. The lowest BCUT2D eigenvalue weighted by Gasteiger charge is -2.25. The molecule has 0 amide bonds. The van der Waals surface area contributed by atoms with Crippen LogP contribution in [0.3, 0.4) is 0 Å². The fourth-order valence-corrected chi connectivity index (χ4v) is 4.02. The summed E-state index contributed by atoms with van der Waals surface area (Å²) < 4.78 is 7.02. The largest absolute Gasteiger partial charge is 0.460 e. The van der Waals surface area contributed by atoms with E-state index in [0.29, 0.717) is 29.8 Å². The van der Waals surface area contributed by atoms with Gasteiger partial charge in [-0.05, 0) is 51.3 Å². The molecule has 0 saturated carbocycles. The van der Waals surface area contributed by atoms with Crippen LogP contribution in [0.15, 0.2) is 47.3 Å². The number of hydrogen-bond donors (Lipinski definition) is 2. The molecule has 0 fully saturated rings. The minimum atomic E-state index is -0.701. The Labute approximate surface area is 212 Å². The lowest BCUT2D eigenvalue weighted by atomic mass is 10.0. The second-order valence-electron chi connectivity index (χ2n) is 9.75. The molecular formula is C27H37N5O4. The number of pyridine rings is 1. The van der Waals surface area contributed by atoms with E-state index in [1.165, 1.54) is 0 Å². The molecule has 1 unspecified atom stereocenters. The van der Waals surface area contributed by atoms with E-state index in [9.17, 15) is 14.7 Å². The number of aliphatic hydroxyl groups excluding tert-OH is 1. The van der Waals surface area contributed by atoms with Crippen LogP contribution < -0.4 is 15.8 Å². The van der Waals surface area contributed by atoms with Crippen molar-refractivity contribution in [1.29, 1.82) is 0 Å². The molecule has 36 heavy (non-hydrogen) atoms. The number of fused-ring (bicyclic) bond motifs is 1. The smallest absolute Gasteiger partial charge is 0.308 e. The van der Waals surface area contributed by atoms with Gasteiger partial charge in [-0.3, -0.25) is 14.2 Å². The molecule has 3 aromatic rings. The molecule has 0 spiro atoms. The zero-order valence-electron chi connectivity index (χ0n) is 22.0. The number of hydrogen-bond acceptors (Lipinski definition) is 8. The highest BCUT2D eigenvalue weighted by molar-refractivity contribution is 5.75. The molecule has 1 aromatic carbocycles. The van der Waals surface area contributed by atoms with Crippen molar-refractivity contribution in [3.8, 4) is 0 Å². The van der Waals surface area contributed by atoms with Gasteiger partial charge in [0.2, 0.25) is 0 Å². The van der Waals surface area contributed by atoms with Crippen molar-refractivity contribution < 1.29 is 14.6 Å². The molecule has 0 aliphatic heterocycles. The Morgan fingerprint density at radius 2 is 1.81 bits per heavy atom. The third-order valence-electron chi connectivity index (χ3n) is 5.82. The first kappa shape index (κ1) is 27.1. The van der Waals surface area contributed by atoms with Gasteiger partial charge in [0, 0.05) is 13.6 Å². The number of anilines is 2. The molecular weight excluding hydrogens is 458 g/mol. The van der Waals surface area contributed by atoms with Gasteiger partial charge in [0.15, 0.2) is 11.5 Å². The zero-order chi connectivity index (χ0) is 26.5. The summed E-state index contributed by atoms with van der Waals surface area (Å²) >= 11 is 0. The SMILES string of the molecule is CCC(O)N(C)c1ccc2nc(NCCC(=O)OC(C)(C)C)c(=O)n([C@@H](CC)c3ccccc3)c2n1. The topological polar surface area (TPSA) is 110 Å². The van der Waals surface area contributed by atoms with Gasteiger partial charge >= 0.3 is 5.97 Å². The van der Waals surface area contributed by atoms with Crippen LogP contribution in [0.5, 0.6) is 0 Å². The van der Waals surface area contributed by atoms with Crippen LogP contribution in [0.25, 0.3) is 11.2 Å².